The van der Waals surface area contributed by atoms with E-state index in [9.17, 15) is 4.79 Å². The Bertz CT molecular complexity index is 634. The zero-order valence-corrected chi connectivity index (χ0v) is 13.3. The molecule has 0 unspecified atom stereocenters. The van der Waals surface area contributed by atoms with E-state index in [4.69, 9.17) is 27.9 Å². The largest absolute Gasteiger partial charge is 0.483 e. The van der Waals surface area contributed by atoms with Crippen molar-refractivity contribution in [1.82, 2.24) is 0 Å². The third kappa shape index (κ3) is 3.88. The summed E-state index contributed by atoms with van der Waals surface area (Å²) in [6.07, 6.45) is 0. The van der Waals surface area contributed by atoms with Crippen molar-refractivity contribution in [2.24, 2.45) is 0 Å². The number of halogens is 3. The molecule has 0 radical (unpaired) electrons. The Morgan fingerprint density at radius 3 is 2.65 bits per heavy atom. The van der Waals surface area contributed by atoms with Gasteiger partial charge in [0.15, 0.2) is 6.61 Å². The maximum atomic E-state index is 11.8. The van der Waals surface area contributed by atoms with E-state index >= 15 is 0 Å². The molecule has 2 rings (SSSR count). The second-order valence-electron chi connectivity index (χ2n) is 3.87. The molecule has 0 atom stereocenters. The first-order valence-corrected chi connectivity index (χ1v) is 7.24. The van der Waals surface area contributed by atoms with Gasteiger partial charge in [-0.15, -0.1) is 0 Å². The minimum atomic E-state index is -0.315. The summed E-state index contributed by atoms with van der Waals surface area (Å²) < 4.78 is 6.19. The fourth-order valence-electron chi connectivity index (χ4n) is 1.49. The van der Waals surface area contributed by atoms with Gasteiger partial charge in [-0.25, -0.2) is 0 Å². The molecule has 0 aromatic heterocycles. The third-order valence-corrected chi connectivity index (χ3v) is 3.90. The average molecular weight is 375 g/mol. The molecule has 0 aliphatic carbocycles. The van der Waals surface area contributed by atoms with Gasteiger partial charge in [-0.2, -0.15) is 0 Å². The molecule has 0 aliphatic heterocycles. The van der Waals surface area contributed by atoms with Crippen molar-refractivity contribution in [3.05, 3.63) is 57.0 Å². The minimum absolute atomic E-state index is 0.120. The molecular weight excluding hydrogens is 365 g/mol. The topological polar surface area (TPSA) is 38.3 Å². The SMILES string of the molecule is O=C(COc1ccccc1Br)Nc1cccc(Cl)c1Cl. The standard InChI is InChI=1S/C14H10BrCl2NO2/c15-9-4-1-2-7-12(9)20-8-13(19)18-11-6-3-5-10(16)14(11)17/h1-7H,8H2,(H,18,19). The quantitative estimate of drug-likeness (QED) is 0.836. The summed E-state index contributed by atoms with van der Waals surface area (Å²) in [5, 5.41) is 3.34. The molecule has 6 heteroatoms. The van der Waals surface area contributed by atoms with Crippen LogP contribution in [0.15, 0.2) is 46.9 Å². The summed E-state index contributed by atoms with van der Waals surface area (Å²) >= 11 is 15.2. The molecule has 0 fully saturated rings. The van der Waals surface area contributed by atoms with Crippen LogP contribution in [0, 0.1) is 0 Å². The van der Waals surface area contributed by atoms with Gasteiger partial charge >= 0.3 is 0 Å². The number of amides is 1. The van der Waals surface area contributed by atoms with Gasteiger partial charge in [0, 0.05) is 0 Å². The van der Waals surface area contributed by atoms with Gasteiger partial charge in [0.05, 0.1) is 20.2 Å². The third-order valence-electron chi connectivity index (χ3n) is 2.42. The van der Waals surface area contributed by atoms with E-state index in [2.05, 4.69) is 21.2 Å². The van der Waals surface area contributed by atoms with Crippen molar-refractivity contribution in [3.8, 4) is 5.75 Å². The molecule has 3 nitrogen and oxygen atoms in total. The Kier molecular flexibility index (Phi) is 5.29. The predicted molar refractivity (Wildman–Crippen MR) is 84.7 cm³/mol. The monoisotopic (exact) mass is 373 g/mol. The molecule has 1 amide bonds. The summed E-state index contributed by atoms with van der Waals surface area (Å²) in [5.74, 6) is 0.282. The van der Waals surface area contributed by atoms with Crippen molar-refractivity contribution in [1.29, 1.82) is 0 Å². The first-order valence-electron chi connectivity index (χ1n) is 5.69. The van der Waals surface area contributed by atoms with Crippen LogP contribution in [0.25, 0.3) is 0 Å². The maximum Gasteiger partial charge on any atom is 0.262 e. The average Bonchev–Trinajstić information content (AvgIpc) is 2.43. The Hall–Kier alpha value is -1.23. The van der Waals surface area contributed by atoms with Gasteiger partial charge in [0.25, 0.3) is 5.91 Å². The maximum absolute atomic E-state index is 11.8. The van der Waals surface area contributed by atoms with Crippen LogP contribution >= 0.6 is 39.1 Å². The predicted octanol–water partition coefficient (Wildman–Crippen LogP) is 4.77. The number of para-hydroxylation sites is 1. The summed E-state index contributed by atoms with van der Waals surface area (Å²) in [6.45, 7) is -0.120. The molecule has 1 N–H and O–H groups in total. The molecule has 0 saturated carbocycles. The smallest absolute Gasteiger partial charge is 0.262 e. The fraction of sp³-hybridized carbons (Fsp3) is 0.0714. The van der Waals surface area contributed by atoms with Crippen molar-refractivity contribution in [2.75, 3.05) is 11.9 Å². The van der Waals surface area contributed by atoms with Gasteiger partial charge in [-0.3, -0.25) is 4.79 Å². The van der Waals surface area contributed by atoms with Crippen molar-refractivity contribution < 1.29 is 9.53 Å². The molecule has 0 bridgehead atoms. The summed E-state index contributed by atoms with van der Waals surface area (Å²) in [7, 11) is 0. The van der Waals surface area contributed by atoms with Crippen molar-refractivity contribution in [2.45, 2.75) is 0 Å². The first kappa shape index (κ1) is 15.2. The number of carbonyl (C=O) groups is 1. The van der Waals surface area contributed by atoms with E-state index in [1.54, 1.807) is 24.3 Å². The number of hydrogen-bond donors (Lipinski definition) is 1. The van der Waals surface area contributed by atoms with Crippen LogP contribution < -0.4 is 10.1 Å². The van der Waals surface area contributed by atoms with E-state index in [-0.39, 0.29) is 12.5 Å². The van der Waals surface area contributed by atoms with Crippen LogP contribution in [0.1, 0.15) is 0 Å². The summed E-state index contributed by atoms with van der Waals surface area (Å²) in [5.41, 5.74) is 0.458. The van der Waals surface area contributed by atoms with E-state index in [0.717, 1.165) is 4.47 Å². The highest BCUT2D eigenvalue weighted by Crippen LogP contribution is 2.29. The van der Waals surface area contributed by atoms with Crippen molar-refractivity contribution in [3.63, 3.8) is 0 Å². The highest BCUT2D eigenvalue weighted by atomic mass is 79.9. The molecule has 0 spiro atoms. The number of carbonyl (C=O) groups excluding carboxylic acids is 1. The number of benzene rings is 2. The Balaban J connectivity index is 1.96. The fourth-order valence-corrected chi connectivity index (χ4v) is 2.24. The van der Waals surface area contributed by atoms with E-state index < -0.39 is 0 Å². The number of ether oxygens (including phenoxy) is 1. The lowest BCUT2D eigenvalue weighted by Gasteiger charge is -2.10. The van der Waals surface area contributed by atoms with E-state index in [1.165, 1.54) is 0 Å². The highest BCUT2D eigenvalue weighted by molar-refractivity contribution is 9.10. The molecule has 0 saturated heterocycles. The normalized spacial score (nSPS) is 10.2. The Morgan fingerprint density at radius 2 is 1.90 bits per heavy atom. The number of rotatable bonds is 4. The zero-order valence-electron chi connectivity index (χ0n) is 10.2. The zero-order chi connectivity index (χ0) is 14.5. The van der Waals surface area contributed by atoms with Gasteiger partial charge in [-0.1, -0.05) is 41.4 Å². The molecule has 104 valence electrons. The second kappa shape index (κ2) is 6.97. The number of nitrogens with one attached hydrogen (secondary N) is 1. The van der Waals surface area contributed by atoms with Crippen LogP contribution in [0.5, 0.6) is 5.75 Å². The lowest BCUT2D eigenvalue weighted by Crippen LogP contribution is -2.20. The van der Waals surface area contributed by atoms with Crippen LogP contribution in [0.4, 0.5) is 5.69 Å². The van der Waals surface area contributed by atoms with E-state index in [0.29, 0.717) is 21.5 Å². The minimum Gasteiger partial charge on any atom is -0.483 e. The van der Waals surface area contributed by atoms with Gasteiger partial charge < -0.3 is 10.1 Å². The Morgan fingerprint density at radius 1 is 1.15 bits per heavy atom. The molecule has 0 heterocycles. The Labute approximate surface area is 135 Å². The number of anilines is 1. The molecule has 20 heavy (non-hydrogen) atoms. The van der Waals surface area contributed by atoms with Crippen molar-refractivity contribution >= 4 is 50.7 Å². The second-order valence-corrected chi connectivity index (χ2v) is 5.51. The van der Waals surface area contributed by atoms with Crippen LogP contribution in [0.3, 0.4) is 0 Å². The van der Waals surface area contributed by atoms with Gasteiger partial charge in [0.2, 0.25) is 0 Å². The number of hydrogen-bond acceptors (Lipinski definition) is 2. The highest BCUT2D eigenvalue weighted by Gasteiger charge is 2.09. The first-order chi connectivity index (χ1) is 9.58. The van der Waals surface area contributed by atoms with E-state index in [1.807, 2.05) is 18.2 Å². The lowest BCUT2D eigenvalue weighted by molar-refractivity contribution is -0.118. The summed E-state index contributed by atoms with van der Waals surface area (Å²) in [4.78, 5) is 11.8. The van der Waals surface area contributed by atoms with Gasteiger partial charge in [0.1, 0.15) is 5.75 Å². The molecular formula is C14H10BrCl2NO2. The van der Waals surface area contributed by atoms with Crippen LogP contribution in [0.2, 0.25) is 10.0 Å². The molecule has 2 aromatic rings. The summed E-state index contributed by atoms with van der Waals surface area (Å²) in [6, 6.07) is 12.3. The van der Waals surface area contributed by atoms with Crippen LogP contribution in [-0.2, 0) is 4.79 Å². The van der Waals surface area contributed by atoms with Crippen LogP contribution in [-0.4, -0.2) is 12.5 Å². The lowest BCUT2D eigenvalue weighted by atomic mass is 10.3. The van der Waals surface area contributed by atoms with Gasteiger partial charge in [-0.05, 0) is 40.2 Å². The molecule has 0 aliphatic rings. The molecule has 2 aromatic carbocycles.